The van der Waals surface area contributed by atoms with E-state index in [1.54, 1.807) is 6.07 Å². The number of benzene rings is 3. The average Bonchev–Trinajstić information content (AvgIpc) is 2.90. The predicted octanol–water partition coefficient (Wildman–Crippen LogP) is 4.81. The minimum absolute atomic E-state index is 0.415. The van der Waals surface area contributed by atoms with Crippen LogP contribution < -0.4 is 5.73 Å². The normalized spacial score (nSPS) is 11.3. The van der Waals surface area contributed by atoms with E-state index >= 15 is 0 Å². The lowest BCUT2D eigenvalue weighted by molar-refractivity contribution is 0.100. The zero-order valence-electron chi connectivity index (χ0n) is 13.7. The molecular formula is C21H16BrN2O. The summed E-state index contributed by atoms with van der Waals surface area (Å²) >= 11 is 3.47. The number of hydrogen-bond donors (Lipinski definition) is 1. The van der Waals surface area contributed by atoms with Crippen LogP contribution >= 0.6 is 15.9 Å². The third-order valence-electron chi connectivity index (χ3n) is 4.46. The van der Waals surface area contributed by atoms with Crippen molar-refractivity contribution in [2.24, 2.45) is 5.73 Å². The molecule has 0 saturated carbocycles. The zero-order valence-corrected chi connectivity index (χ0v) is 15.3. The summed E-state index contributed by atoms with van der Waals surface area (Å²) in [5, 5.41) is 1.81. The van der Waals surface area contributed by atoms with Gasteiger partial charge in [0, 0.05) is 27.4 Å². The Labute approximate surface area is 154 Å². The lowest BCUT2D eigenvalue weighted by Gasteiger charge is -2.09. The van der Waals surface area contributed by atoms with Crippen molar-refractivity contribution in [1.82, 2.24) is 4.57 Å². The monoisotopic (exact) mass is 391 g/mol. The first-order valence-corrected chi connectivity index (χ1v) is 8.81. The molecule has 1 radical (unpaired) electrons. The molecule has 4 heteroatoms. The molecular weight excluding hydrogens is 376 g/mol. The van der Waals surface area contributed by atoms with E-state index < -0.39 is 5.91 Å². The van der Waals surface area contributed by atoms with Crippen molar-refractivity contribution in [1.29, 1.82) is 0 Å². The highest BCUT2D eigenvalue weighted by Crippen LogP contribution is 2.32. The zero-order chi connectivity index (χ0) is 17.6. The molecule has 0 fully saturated rings. The number of aromatic nitrogens is 1. The molecule has 1 amide bonds. The quantitative estimate of drug-likeness (QED) is 0.534. The molecule has 0 aliphatic carbocycles. The minimum atomic E-state index is -0.415. The third-order valence-corrected chi connectivity index (χ3v) is 4.99. The molecule has 0 aliphatic heterocycles. The van der Waals surface area contributed by atoms with Crippen LogP contribution in [0, 0.1) is 13.0 Å². The molecule has 2 N–H and O–H groups in total. The number of amides is 1. The maximum absolute atomic E-state index is 11.9. The van der Waals surface area contributed by atoms with E-state index in [0.29, 0.717) is 12.1 Å². The van der Waals surface area contributed by atoms with Crippen molar-refractivity contribution in [2.45, 2.75) is 13.5 Å². The summed E-state index contributed by atoms with van der Waals surface area (Å²) in [7, 11) is 0. The molecule has 0 saturated heterocycles. The molecule has 0 spiro atoms. The van der Waals surface area contributed by atoms with Crippen LogP contribution in [0.3, 0.4) is 0 Å². The number of carbonyl (C=O) groups is 1. The predicted molar refractivity (Wildman–Crippen MR) is 105 cm³/mol. The fourth-order valence-electron chi connectivity index (χ4n) is 3.31. The van der Waals surface area contributed by atoms with Crippen molar-refractivity contribution in [3.8, 4) is 0 Å². The largest absolute Gasteiger partial charge is 0.366 e. The molecule has 3 nitrogen and oxygen atoms in total. The Hall–Kier alpha value is -2.59. The van der Waals surface area contributed by atoms with Crippen molar-refractivity contribution < 1.29 is 4.79 Å². The van der Waals surface area contributed by atoms with Crippen LogP contribution in [0.5, 0.6) is 0 Å². The second-order valence-corrected chi connectivity index (χ2v) is 7.13. The van der Waals surface area contributed by atoms with E-state index in [1.165, 1.54) is 5.56 Å². The molecule has 1 aromatic heterocycles. The number of nitrogens with zero attached hydrogens (tertiary/aromatic N) is 1. The van der Waals surface area contributed by atoms with Crippen molar-refractivity contribution in [2.75, 3.05) is 0 Å². The van der Waals surface area contributed by atoms with Gasteiger partial charge in [-0.15, -0.1) is 0 Å². The summed E-state index contributed by atoms with van der Waals surface area (Å²) in [5.74, 6) is -0.415. The Morgan fingerprint density at radius 2 is 1.92 bits per heavy atom. The number of hydrogen-bond acceptors (Lipinski definition) is 1. The van der Waals surface area contributed by atoms with Gasteiger partial charge in [0.15, 0.2) is 0 Å². The van der Waals surface area contributed by atoms with E-state index in [1.807, 2.05) is 37.3 Å². The first-order valence-electron chi connectivity index (χ1n) is 8.02. The number of aryl methyl sites for hydroxylation is 1. The summed E-state index contributed by atoms with van der Waals surface area (Å²) in [6.45, 7) is 2.76. The van der Waals surface area contributed by atoms with Crippen LogP contribution in [0.2, 0.25) is 0 Å². The lowest BCUT2D eigenvalue weighted by Crippen LogP contribution is -2.11. The van der Waals surface area contributed by atoms with Gasteiger partial charge in [-0.1, -0.05) is 40.2 Å². The number of primary amides is 1. The van der Waals surface area contributed by atoms with E-state index in [2.05, 4.69) is 44.8 Å². The Morgan fingerprint density at radius 3 is 2.64 bits per heavy atom. The molecule has 0 atom stereocenters. The Kier molecular flexibility index (Phi) is 3.85. The number of fused-ring (bicyclic) bond motifs is 3. The summed E-state index contributed by atoms with van der Waals surface area (Å²) in [6, 6.07) is 21.4. The van der Waals surface area contributed by atoms with Crippen LogP contribution in [0.25, 0.3) is 21.8 Å². The molecule has 4 aromatic rings. The van der Waals surface area contributed by atoms with Gasteiger partial charge in [0.25, 0.3) is 0 Å². The first-order chi connectivity index (χ1) is 12.0. The molecule has 0 aliphatic rings. The Morgan fingerprint density at radius 1 is 1.16 bits per heavy atom. The van der Waals surface area contributed by atoms with E-state index in [-0.39, 0.29) is 0 Å². The fourth-order valence-corrected chi connectivity index (χ4v) is 3.57. The highest BCUT2D eigenvalue weighted by atomic mass is 79.9. The van der Waals surface area contributed by atoms with Crippen molar-refractivity contribution in [3.05, 3.63) is 81.8 Å². The summed E-state index contributed by atoms with van der Waals surface area (Å²) in [5.41, 5.74) is 10.5. The third kappa shape index (κ3) is 2.72. The number of halogens is 1. The van der Waals surface area contributed by atoms with E-state index in [4.69, 9.17) is 5.73 Å². The molecule has 0 bridgehead atoms. The van der Waals surface area contributed by atoms with Gasteiger partial charge in [0.2, 0.25) is 5.91 Å². The second kappa shape index (κ2) is 6.05. The Bertz CT molecular complexity index is 1110. The topological polar surface area (TPSA) is 48.0 Å². The molecule has 4 rings (SSSR count). The van der Waals surface area contributed by atoms with E-state index in [0.717, 1.165) is 31.8 Å². The highest BCUT2D eigenvalue weighted by molar-refractivity contribution is 9.10. The van der Waals surface area contributed by atoms with Gasteiger partial charge in [0.05, 0.1) is 11.0 Å². The van der Waals surface area contributed by atoms with Gasteiger partial charge in [-0.05, 0) is 54.4 Å². The SMILES string of the molecule is Cc1c[c]c2c3c(C(N)=O)cccc3n(Cc3ccc(Br)cc3)c2c1. The minimum Gasteiger partial charge on any atom is -0.366 e. The molecule has 1 heterocycles. The number of nitrogens with two attached hydrogens (primary N) is 1. The second-order valence-electron chi connectivity index (χ2n) is 6.21. The van der Waals surface area contributed by atoms with Crippen LogP contribution in [0.1, 0.15) is 21.5 Å². The average molecular weight is 392 g/mol. The lowest BCUT2D eigenvalue weighted by atomic mass is 10.1. The van der Waals surface area contributed by atoms with Gasteiger partial charge < -0.3 is 10.3 Å². The van der Waals surface area contributed by atoms with Crippen LogP contribution in [0.15, 0.2) is 59.1 Å². The standard InChI is InChI=1S/C21H16BrN2O/c1-13-5-10-16-19(11-13)24(12-14-6-8-15(22)9-7-14)18-4-2-3-17(20(16)18)21(23)25/h2-9,11H,12H2,1H3,(H2,23,25). The summed E-state index contributed by atoms with van der Waals surface area (Å²) in [6.07, 6.45) is 0. The summed E-state index contributed by atoms with van der Waals surface area (Å²) in [4.78, 5) is 11.9. The fraction of sp³-hybridized carbons (Fsp3) is 0.0952. The first kappa shape index (κ1) is 15.9. The number of rotatable bonds is 3. The van der Waals surface area contributed by atoms with Crippen LogP contribution in [0.4, 0.5) is 0 Å². The van der Waals surface area contributed by atoms with Crippen LogP contribution in [-0.2, 0) is 6.54 Å². The molecule has 3 aromatic carbocycles. The van der Waals surface area contributed by atoms with E-state index in [9.17, 15) is 4.79 Å². The maximum atomic E-state index is 11.9. The van der Waals surface area contributed by atoms with Gasteiger partial charge in [0.1, 0.15) is 0 Å². The van der Waals surface area contributed by atoms with Gasteiger partial charge >= 0.3 is 0 Å². The Balaban J connectivity index is 2.03. The molecule has 0 unspecified atom stereocenters. The van der Waals surface area contributed by atoms with Gasteiger partial charge in [-0.3, -0.25) is 4.79 Å². The number of carbonyl (C=O) groups excluding carboxylic acids is 1. The van der Waals surface area contributed by atoms with Crippen molar-refractivity contribution >= 4 is 43.6 Å². The van der Waals surface area contributed by atoms with Crippen LogP contribution in [-0.4, -0.2) is 10.5 Å². The van der Waals surface area contributed by atoms with Gasteiger partial charge in [-0.2, -0.15) is 0 Å². The van der Waals surface area contributed by atoms with Crippen molar-refractivity contribution in [3.63, 3.8) is 0 Å². The molecule has 123 valence electrons. The highest BCUT2D eigenvalue weighted by Gasteiger charge is 2.16. The van der Waals surface area contributed by atoms with Gasteiger partial charge in [-0.25, -0.2) is 0 Å². The maximum Gasteiger partial charge on any atom is 0.249 e. The summed E-state index contributed by atoms with van der Waals surface area (Å²) < 4.78 is 3.28. The smallest absolute Gasteiger partial charge is 0.249 e. The molecule has 25 heavy (non-hydrogen) atoms.